The number of carbonyl (C=O) groups is 1. The number of hydrogen-bond acceptors (Lipinski definition) is 7. The van der Waals surface area contributed by atoms with Crippen LogP contribution in [0, 0.1) is 0 Å². The maximum Gasteiger partial charge on any atom is 0.228 e. The Kier molecular flexibility index (Phi) is 5.92. The summed E-state index contributed by atoms with van der Waals surface area (Å²) in [6, 6.07) is 10.3. The van der Waals surface area contributed by atoms with Gasteiger partial charge in [-0.1, -0.05) is 18.2 Å². The molecule has 1 atom stereocenters. The first-order valence-electron chi connectivity index (χ1n) is 12.0. The second-order valence-electron chi connectivity index (χ2n) is 9.49. The number of piperazine rings is 1. The fraction of sp³-hybridized carbons (Fsp3) is 0.385. The fourth-order valence-electron chi connectivity index (χ4n) is 4.67. The van der Waals surface area contributed by atoms with Crippen LogP contribution in [0.25, 0.3) is 21.8 Å². The molecule has 1 aliphatic heterocycles. The number of amides is 1. The van der Waals surface area contributed by atoms with Gasteiger partial charge in [0, 0.05) is 63.0 Å². The van der Waals surface area contributed by atoms with Crippen LogP contribution >= 0.6 is 0 Å². The first-order valence-corrected chi connectivity index (χ1v) is 12.0. The molecular weight excluding hydrogens is 442 g/mol. The van der Waals surface area contributed by atoms with Crippen molar-refractivity contribution in [1.82, 2.24) is 24.4 Å². The zero-order chi connectivity index (χ0) is 24.7. The van der Waals surface area contributed by atoms with E-state index in [0.29, 0.717) is 43.5 Å². The Morgan fingerprint density at radius 1 is 1.23 bits per heavy atom. The third kappa shape index (κ3) is 4.34. The minimum atomic E-state index is 0.0527. The standard InChI is InChI=1S/C26H31N7O2/c1-16(2)33-15-21-23(25(33)35)29-26(32-10-9-31(18(4)34)14-17(32)3)30-24(21)28-13-19-11-20-7-5-6-8-22(20)27-12-19/h5-8,11-12,15-17,35H,9-10,13-14H2,1-4H3,(H,28,29,30). The van der Waals surface area contributed by atoms with Gasteiger partial charge in [-0.2, -0.15) is 4.98 Å². The van der Waals surface area contributed by atoms with Crippen LogP contribution in [0.15, 0.2) is 42.7 Å². The molecule has 1 unspecified atom stereocenters. The van der Waals surface area contributed by atoms with Gasteiger partial charge in [-0.05, 0) is 38.5 Å². The smallest absolute Gasteiger partial charge is 0.228 e. The van der Waals surface area contributed by atoms with E-state index >= 15 is 0 Å². The summed E-state index contributed by atoms with van der Waals surface area (Å²) in [6.45, 7) is 10.1. The van der Waals surface area contributed by atoms with Crippen molar-refractivity contribution in [2.24, 2.45) is 0 Å². The highest BCUT2D eigenvalue weighted by atomic mass is 16.3. The number of aromatic hydroxyl groups is 1. The van der Waals surface area contributed by atoms with Gasteiger partial charge in [-0.15, -0.1) is 0 Å². The summed E-state index contributed by atoms with van der Waals surface area (Å²) >= 11 is 0. The summed E-state index contributed by atoms with van der Waals surface area (Å²) in [5.74, 6) is 1.41. The Labute approximate surface area is 204 Å². The molecule has 0 spiro atoms. The molecule has 182 valence electrons. The van der Waals surface area contributed by atoms with E-state index in [0.717, 1.165) is 21.9 Å². The quantitative estimate of drug-likeness (QED) is 0.453. The van der Waals surface area contributed by atoms with Gasteiger partial charge >= 0.3 is 0 Å². The molecule has 3 aromatic heterocycles. The maximum atomic E-state index is 11.9. The molecule has 1 fully saturated rings. The predicted molar refractivity (Wildman–Crippen MR) is 138 cm³/mol. The number of aromatic nitrogens is 4. The van der Waals surface area contributed by atoms with E-state index in [1.54, 1.807) is 6.92 Å². The Morgan fingerprint density at radius 3 is 2.77 bits per heavy atom. The molecule has 4 heterocycles. The van der Waals surface area contributed by atoms with Crippen molar-refractivity contribution < 1.29 is 9.90 Å². The van der Waals surface area contributed by atoms with Crippen LogP contribution < -0.4 is 10.2 Å². The van der Waals surface area contributed by atoms with E-state index in [2.05, 4.69) is 34.3 Å². The van der Waals surface area contributed by atoms with Gasteiger partial charge in [0.05, 0.1) is 10.9 Å². The molecule has 0 radical (unpaired) electrons. The third-order valence-corrected chi connectivity index (χ3v) is 6.65. The van der Waals surface area contributed by atoms with Gasteiger partial charge in [-0.3, -0.25) is 9.78 Å². The summed E-state index contributed by atoms with van der Waals surface area (Å²) in [5, 5.41) is 16.3. The molecule has 35 heavy (non-hydrogen) atoms. The highest BCUT2D eigenvalue weighted by Gasteiger charge is 2.28. The molecule has 1 amide bonds. The van der Waals surface area contributed by atoms with Crippen molar-refractivity contribution in [3.63, 3.8) is 0 Å². The van der Waals surface area contributed by atoms with Gasteiger partial charge in [0.15, 0.2) is 0 Å². The molecule has 1 saturated heterocycles. The largest absolute Gasteiger partial charge is 0.493 e. The molecule has 4 aromatic rings. The molecule has 0 bridgehead atoms. The van der Waals surface area contributed by atoms with Gasteiger partial charge in [-0.25, -0.2) is 4.98 Å². The summed E-state index contributed by atoms with van der Waals surface area (Å²) in [4.78, 5) is 30.0. The molecule has 1 aromatic carbocycles. The number of rotatable bonds is 5. The van der Waals surface area contributed by atoms with E-state index in [1.165, 1.54) is 0 Å². The van der Waals surface area contributed by atoms with Crippen LogP contribution in [0.1, 0.15) is 39.3 Å². The monoisotopic (exact) mass is 473 g/mol. The Morgan fingerprint density at radius 2 is 2.03 bits per heavy atom. The lowest BCUT2D eigenvalue weighted by Crippen LogP contribution is -2.53. The summed E-state index contributed by atoms with van der Waals surface area (Å²) < 4.78 is 1.81. The van der Waals surface area contributed by atoms with Crippen LogP contribution in [-0.2, 0) is 11.3 Å². The van der Waals surface area contributed by atoms with Gasteiger partial charge in [0.2, 0.25) is 17.7 Å². The van der Waals surface area contributed by atoms with Crippen LogP contribution in [0.2, 0.25) is 0 Å². The number of carbonyl (C=O) groups excluding carboxylic acids is 1. The first-order chi connectivity index (χ1) is 16.8. The SMILES string of the molecule is CC(=O)N1CCN(c2nc(NCc3cnc4ccccc4c3)c3cn(C(C)C)c(O)c3n2)C(C)C1. The minimum absolute atomic E-state index is 0.0527. The van der Waals surface area contributed by atoms with Crippen LogP contribution in [0.4, 0.5) is 11.8 Å². The summed E-state index contributed by atoms with van der Waals surface area (Å²) in [5.41, 5.74) is 2.51. The number of nitrogens with zero attached hydrogens (tertiary/aromatic N) is 6. The maximum absolute atomic E-state index is 11.9. The molecule has 5 rings (SSSR count). The third-order valence-electron chi connectivity index (χ3n) is 6.65. The van der Waals surface area contributed by atoms with E-state index in [-0.39, 0.29) is 23.9 Å². The molecule has 9 nitrogen and oxygen atoms in total. The summed E-state index contributed by atoms with van der Waals surface area (Å²) in [6.07, 6.45) is 3.77. The van der Waals surface area contributed by atoms with Crippen LogP contribution in [0.3, 0.4) is 0 Å². The lowest BCUT2D eigenvalue weighted by atomic mass is 10.1. The number of fused-ring (bicyclic) bond motifs is 2. The molecule has 1 aliphatic rings. The average Bonchev–Trinajstić information content (AvgIpc) is 3.19. The highest BCUT2D eigenvalue weighted by Crippen LogP contribution is 2.34. The van der Waals surface area contributed by atoms with E-state index < -0.39 is 0 Å². The Hall–Kier alpha value is -3.88. The van der Waals surface area contributed by atoms with Crippen molar-refractivity contribution in [1.29, 1.82) is 0 Å². The van der Waals surface area contributed by atoms with E-state index in [1.807, 2.05) is 53.9 Å². The lowest BCUT2D eigenvalue weighted by molar-refractivity contribution is -0.129. The molecule has 0 saturated carbocycles. The second-order valence-corrected chi connectivity index (χ2v) is 9.49. The van der Waals surface area contributed by atoms with Crippen molar-refractivity contribution >= 4 is 39.5 Å². The Bertz CT molecular complexity index is 1400. The number of para-hydroxylation sites is 1. The number of anilines is 2. The molecule has 9 heteroatoms. The number of pyridine rings is 1. The number of nitrogens with one attached hydrogen (secondary N) is 1. The number of hydrogen-bond donors (Lipinski definition) is 2. The predicted octanol–water partition coefficient (Wildman–Crippen LogP) is 3.94. The molecule has 2 N–H and O–H groups in total. The van der Waals surface area contributed by atoms with E-state index in [9.17, 15) is 9.90 Å². The van der Waals surface area contributed by atoms with Crippen LogP contribution in [0.5, 0.6) is 5.88 Å². The van der Waals surface area contributed by atoms with Crippen LogP contribution in [-0.4, -0.2) is 61.1 Å². The topological polar surface area (TPSA) is 99.4 Å². The Balaban J connectivity index is 1.50. The van der Waals surface area contributed by atoms with Gasteiger partial charge < -0.3 is 24.8 Å². The number of benzene rings is 1. The fourth-order valence-corrected chi connectivity index (χ4v) is 4.67. The van der Waals surface area contributed by atoms with Gasteiger partial charge in [0.1, 0.15) is 11.3 Å². The van der Waals surface area contributed by atoms with E-state index in [4.69, 9.17) is 9.97 Å². The van der Waals surface area contributed by atoms with Crippen molar-refractivity contribution in [3.8, 4) is 5.88 Å². The minimum Gasteiger partial charge on any atom is -0.493 e. The first kappa shape index (κ1) is 22.9. The van der Waals surface area contributed by atoms with Crippen molar-refractivity contribution in [2.75, 3.05) is 29.9 Å². The van der Waals surface area contributed by atoms with Crippen molar-refractivity contribution in [2.45, 2.75) is 46.3 Å². The zero-order valence-electron chi connectivity index (χ0n) is 20.6. The lowest BCUT2D eigenvalue weighted by Gasteiger charge is -2.39. The summed E-state index contributed by atoms with van der Waals surface area (Å²) in [7, 11) is 0. The zero-order valence-corrected chi connectivity index (χ0v) is 20.6. The molecule has 0 aliphatic carbocycles. The van der Waals surface area contributed by atoms with Crippen molar-refractivity contribution in [3.05, 3.63) is 48.3 Å². The van der Waals surface area contributed by atoms with Gasteiger partial charge in [0.25, 0.3) is 0 Å². The average molecular weight is 474 g/mol. The molecular formula is C26H31N7O2. The highest BCUT2D eigenvalue weighted by molar-refractivity contribution is 5.94. The second kappa shape index (κ2) is 9.05. The normalized spacial score (nSPS) is 16.4.